The fourth-order valence-electron chi connectivity index (χ4n) is 3.24. The first-order chi connectivity index (χ1) is 13.1. The fraction of sp³-hybridized carbons (Fsp3) is 0.300. The van der Waals surface area contributed by atoms with E-state index in [4.69, 9.17) is 9.40 Å². The molecule has 1 amide bonds. The minimum absolute atomic E-state index is 0.00930. The number of carbonyl (C=O) groups is 1. The summed E-state index contributed by atoms with van der Waals surface area (Å²) in [4.78, 5) is 30.1. The van der Waals surface area contributed by atoms with Crippen LogP contribution in [0, 0.1) is 13.8 Å². The van der Waals surface area contributed by atoms with Gasteiger partial charge in [0.15, 0.2) is 5.82 Å². The number of aromatic nitrogens is 3. The van der Waals surface area contributed by atoms with Gasteiger partial charge in [-0.15, -0.1) is 0 Å². The second-order valence-electron chi connectivity index (χ2n) is 6.61. The largest absolute Gasteiger partial charge is 0.472 e. The van der Waals surface area contributed by atoms with Gasteiger partial charge in [0.05, 0.1) is 11.8 Å². The first-order valence-corrected chi connectivity index (χ1v) is 8.95. The highest BCUT2D eigenvalue weighted by Crippen LogP contribution is 2.25. The van der Waals surface area contributed by atoms with Crippen LogP contribution in [0.3, 0.4) is 0 Å². The Morgan fingerprint density at radius 3 is 2.59 bits per heavy atom. The summed E-state index contributed by atoms with van der Waals surface area (Å²) in [5.41, 5.74) is 3.51. The van der Waals surface area contributed by atoms with Crippen LogP contribution >= 0.6 is 0 Å². The Kier molecular flexibility index (Phi) is 4.58. The third-order valence-corrected chi connectivity index (χ3v) is 4.92. The molecular formula is C20H21N5O2. The molecule has 0 spiro atoms. The van der Waals surface area contributed by atoms with Gasteiger partial charge in [-0.2, -0.15) is 0 Å². The number of aryl methyl sites for hydroxylation is 1. The van der Waals surface area contributed by atoms with Crippen LogP contribution in [0.15, 0.2) is 47.5 Å². The van der Waals surface area contributed by atoms with Gasteiger partial charge in [0.2, 0.25) is 0 Å². The summed E-state index contributed by atoms with van der Waals surface area (Å²) < 4.78 is 5.02. The molecule has 138 valence electrons. The SMILES string of the molecule is Cc1nc(-c2cccnc2)nc(N2CCN(C(=O)c3ccoc3)CC2)c1C. The molecule has 3 aromatic heterocycles. The Bertz CT molecular complexity index is 933. The van der Waals surface area contributed by atoms with E-state index in [-0.39, 0.29) is 5.91 Å². The van der Waals surface area contributed by atoms with Gasteiger partial charge in [0, 0.05) is 55.4 Å². The standard InChI is InChI=1S/C20H21N5O2/c1-14-15(2)22-18(16-4-3-6-21-12-16)23-19(14)24-7-9-25(10-8-24)20(26)17-5-11-27-13-17/h3-6,11-13H,7-10H2,1-2H3. The number of hydrogen-bond donors (Lipinski definition) is 0. The highest BCUT2D eigenvalue weighted by molar-refractivity contribution is 5.94. The van der Waals surface area contributed by atoms with Gasteiger partial charge in [-0.1, -0.05) is 0 Å². The minimum atomic E-state index is 0.00930. The molecule has 0 unspecified atom stereocenters. The molecule has 4 heterocycles. The lowest BCUT2D eigenvalue weighted by atomic mass is 10.2. The molecule has 1 saturated heterocycles. The minimum Gasteiger partial charge on any atom is -0.472 e. The van der Waals surface area contributed by atoms with Crippen LogP contribution in [-0.4, -0.2) is 51.9 Å². The first-order valence-electron chi connectivity index (χ1n) is 8.95. The summed E-state index contributed by atoms with van der Waals surface area (Å²) in [5.74, 6) is 1.62. The summed E-state index contributed by atoms with van der Waals surface area (Å²) >= 11 is 0. The van der Waals surface area contributed by atoms with E-state index in [1.165, 1.54) is 12.5 Å². The van der Waals surface area contributed by atoms with E-state index >= 15 is 0 Å². The molecule has 0 aliphatic carbocycles. The van der Waals surface area contributed by atoms with Gasteiger partial charge in [-0.3, -0.25) is 9.78 Å². The molecular weight excluding hydrogens is 342 g/mol. The number of anilines is 1. The molecule has 3 aromatic rings. The number of piperazine rings is 1. The Morgan fingerprint density at radius 2 is 1.93 bits per heavy atom. The van der Waals surface area contributed by atoms with Crippen molar-refractivity contribution in [3.05, 3.63) is 59.9 Å². The van der Waals surface area contributed by atoms with Crippen molar-refractivity contribution in [3.8, 4) is 11.4 Å². The second kappa shape index (κ2) is 7.19. The lowest BCUT2D eigenvalue weighted by molar-refractivity contribution is 0.0745. The van der Waals surface area contributed by atoms with Crippen LogP contribution in [0.5, 0.6) is 0 Å². The molecule has 0 N–H and O–H groups in total. The zero-order chi connectivity index (χ0) is 18.8. The maximum Gasteiger partial charge on any atom is 0.257 e. The lowest BCUT2D eigenvalue weighted by Crippen LogP contribution is -2.49. The Hall–Kier alpha value is -3.22. The van der Waals surface area contributed by atoms with Crippen molar-refractivity contribution in [2.24, 2.45) is 0 Å². The first kappa shape index (κ1) is 17.2. The normalized spacial score (nSPS) is 14.4. The zero-order valence-electron chi connectivity index (χ0n) is 15.4. The van der Waals surface area contributed by atoms with Crippen molar-refractivity contribution in [2.75, 3.05) is 31.1 Å². The van der Waals surface area contributed by atoms with E-state index in [9.17, 15) is 4.79 Å². The average Bonchev–Trinajstić information content (AvgIpc) is 3.25. The van der Waals surface area contributed by atoms with E-state index in [2.05, 4.69) is 14.9 Å². The molecule has 4 rings (SSSR count). The lowest BCUT2D eigenvalue weighted by Gasteiger charge is -2.36. The molecule has 7 heteroatoms. The topological polar surface area (TPSA) is 75.4 Å². The predicted molar refractivity (Wildman–Crippen MR) is 102 cm³/mol. The van der Waals surface area contributed by atoms with E-state index in [1.54, 1.807) is 18.5 Å². The molecule has 0 radical (unpaired) electrons. The molecule has 0 saturated carbocycles. The summed E-state index contributed by atoms with van der Waals surface area (Å²) in [6.07, 6.45) is 6.53. The monoisotopic (exact) mass is 363 g/mol. The number of nitrogens with zero attached hydrogens (tertiary/aromatic N) is 5. The molecule has 1 aliphatic rings. The quantitative estimate of drug-likeness (QED) is 0.712. The fourth-order valence-corrected chi connectivity index (χ4v) is 3.24. The smallest absolute Gasteiger partial charge is 0.257 e. The highest BCUT2D eigenvalue weighted by atomic mass is 16.3. The average molecular weight is 363 g/mol. The molecule has 27 heavy (non-hydrogen) atoms. The van der Waals surface area contributed by atoms with Crippen molar-refractivity contribution >= 4 is 11.7 Å². The molecule has 1 fully saturated rings. The van der Waals surface area contributed by atoms with Gasteiger partial charge in [-0.05, 0) is 32.0 Å². The van der Waals surface area contributed by atoms with Gasteiger partial charge < -0.3 is 14.2 Å². The van der Waals surface area contributed by atoms with Gasteiger partial charge in [0.1, 0.15) is 12.1 Å². The second-order valence-corrected chi connectivity index (χ2v) is 6.61. The molecule has 7 nitrogen and oxygen atoms in total. The van der Waals surface area contributed by atoms with Crippen LogP contribution < -0.4 is 4.90 Å². The number of pyridine rings is 1. The number of hydrogen-bond acceptors (Lipinski definition) is 6. The number of carbonyl (C=O) groups excluding carboxylic acids is 1. The Labute approximate surface area is 157 Å². The molecule has 1 aliphatic heterocycles. The maximum absolute atomic E-state index is 12.5. The highest BCUT2D eigenvalue weighted by Gasteiger charge is 2.25. The molecule has 0 bridgehead atoms. The van der Waals surface area contributed by atoms with Crippen LogP contribution in [0.25, 0.3) is 11.4 Å². The van der Waals surface area contributed by atoms with Gasteiger partial charge in [-0.25, -0.2) is 9.97 Å². The van der Waals surface area contributed by atoms with Gasteiger partial charge in [0.25, 0.3) is 5.91 Å². The molecule has 0 aromatic carbocycles. The van der Waals surface area contributed by atoms with Crippen molar-refractivity contribution in [1.29, 1.82) is 0 Å². The Balaban J connectivity index is 1.54. The van der Waals surface area contributed by atoms with E-state index < -0.39 is 0 Å². The number of furan rings is 1. The summed E-state index contributed by atoms with van der Waals surface area (Å²) in [6.45, 7) is 6.80. The van der Waals surface area contributed by atoms with Crippen molar-refractivity contribution in [3.63, 3.8) is 0 Å². The summed E-state index contributed by atoms with van der Waals surface area (Å²) in [7, 11) is 0. The van der Waals surface area contributed by atoms with E-state index in [1.807, 2.05) is 30.9 Å². The Morgan fingerprint density at radius 1 is 1.11 bits per heavy atom. The van der Waals surface area contributed by atoms with Crippen molar-refractivity contribution in [1.82, 2.24) is 19.9 Å². The summed E-state index contributed by atoms with van der Waals surface area (Å²) in [5, 5.41) is 0. The zero-order valence-corrected chi connectivity index (χ0v) is 15.4. The van der Waals surface area contributed by atoms with Crippen LogP contribution in [0.1, 0.15) is 21.6 Å². The van der Waals surface area contributed by atoms with Crippen molar-refractivity contribution < 1.29 is 9.21 Å². The van der Waals surface area contributed by atoms with Crippen LogP contribution in [0.2, 0.25) is 0 Å². The van der Waals surface area contributed by atoms with E-state index in [0.29, 0.717) is 24.5 Å². The van der Waals surface area contributed by atoms with Gasteiger partial charge >= 0.3 is 0 Å². The summed E-state index contributed by atoms with van der Waals surface area (Å²) in [6, 6.07) is 5.54. The number of amides is 1. The van der Waals surface area contributed by atoms with Crippen LogP contribution in [-0.2, 0) is 0 Å². The third-order valence-electron chi connectivity index (χ3n) is 4.92. The van der Waals surface area contributed by atoms with Crippen LogP contribution in [0.4, 0.5) is 5.82 Å². The third kappa shape index (κ3) is 3.40. The van der Waals surface area contributed by atoms with E-state index in [0.717, 1.165) is 35.7 Å². The maximum atomic E-state index is 12.5. The molecule has 0 atom stereocenters. The number of rotatable bonds is 3. The van der Waals surface area contributed by atoms with Crippen molar-refractivity contribution in [2.45, 2.75) is 13.8 Å². The predicted octanol–water partition coefficient (Wildman–Crippen LogP) is 2.71.